The maximum Gasteiger partial charge on any atom is 0.0598 e. The first kappa shape index (κ1) is 17.5. The van der Waals surface area contributed by atoms with E-state index in [1.807, 2.05) is 0 Å². The van der Waals surface area contributed by atoms with E-state index in [0.717, 1.165) is 6.54 Å². The van der Waals surface area contributed by atoms with E-state index in [0.29, 0.717) is 0 Å². The van der Waals surface area contributed by atoms with Gasteiger partial charge in [0.1, 0.15) is 0 Å². The molecule has 18 heavy (non-hydrogen) atoms. The average Bonchev–Trinajstić information content (AvgIpc) is 2.38. The van der Waals surface area contributed by atoms with Crippen LogP contribution in [0.5, 0.6) is 0 Å². The van der Waals surface area contributed by atoms with Crippen LogP contribution in [0.1, 0.15) is 78.1 Å². The standard InChI is InChI=1S/C17H33N/c1-4-7-9-11-13-16-18(15-6-3)17-14-12-10-8-5-2/h3H,4-5,7-17H2,1-2H3. The van der Waals surface area contributed by atoms with Gasteiger partial charge in [-0.1, -0.05) is 71.1 Å². The zero-order valence-electron chi connectivity index (χ0n) is 12.7. The van der Waals surface area contributed by atoms with E-state index in [9.17, 15) is 0 Å². The van der Waals surface area contributed by atoms with E-state index in [1.165, 1.54) is 77.3 Å². The van der Waals surface area contributed by atoms with Crippen molar-refractivity contribution >= 4 is 0 Å². The van der Waals surface area contributed by atoms with Crippen LogP contribution >= 0.6 is 0 Å². The van der Waals surface area contributed by atoms with Gasteiger partial charge in [0.05, 0.1) is 6.54 Å². The Labute approximate surface area is 115 Å². The predicted molar refractivity (Wildman–Crippen MR) is 82.8 cm³/mol. The molecule has 0 heterocycles. The van der Waals surface area contributed by atoms with E-state index >= 15 is 0 Å². The van der Waals surface area contributed by atoms with Crippen molar-refractivity contribution in [2.75, 3.05) is 19.6 Å². The van der Waals surface area contributed by atoms with Crippen molar-refractivity contribution in [3.8, 4) is 12.3 Å². The minimum Gasteiger partial charge on any atom is -0.292 e. The second-order valence-corrected chi connectivity index (χ2v) is 5.31. The van der Waals surface area contributed by atoms with Crippen molar-refractivity contribution in [1.82, 2.24) is 4.90 Å². The molecule has 0 saturated carbocycles. The molecule has 0 amide bonds. The number of nitrogens with zero attached hydrogens (tertiary/aromatic N) is 1. The summed E-state index contributed by atoms with van der Waals surface area (Å²) >= 11 is 0. The zero-order valence-corrected chi connectivity index (χ0v) is 12.7. The highest BCUT2D eigenvalue weighted by Gasteiger charge is 2.02. The number of unbranched alkanes of at least 4 members (excludes halogenated alkanes) is 8. The van der Waals surface area contributed by atoms with Crippen LogP contribution in [0, 0.1) is 12.3 Å². The molecule has 1 nitrogen and oxygen atoms in total. The highest BCUT2D eigenvalue weighted by atomic mass is 15.1. The predicted octanol–water partition coefficient (Wildman–Crippen LogP) is 4.86. The monoisotopic (exact) mass is 251 g/mol. The third-order valence-corrected chi connectivity index (χ3v) is 3.47. The second-order valence-electron chi connectivity index (χ2n) is 5.31. The highest BCUT2D eigenvalue weighted by molar-refractivity contribution is 4.88. The van der Waals surface area contributed by atoms with E-state index in [2.05, 4.69) is 24.7 Å². The van der Waals surface area contributed by atoms with Gasteiger partial charge in [-0.15, -0.1) is 6.42 Å². The third-order valence-electron chi connectivity index (χ3n) is 3.47. The first-order valence-electron chi connectivity index (χ1n) is 8.01. The summed E-state index contributed by atoms with van der Waals surface area (Å²) in [5.41, 5.74) is 0. The Balaban J connectivity index is 3.49. The molecule has 0 aromatic heterocycles. The minimum absolute atomic E-state index is 0.835. The smallest absolute Gasteiger partial charge is 0.0598 e. The van der Waals surface area contributed by atoms with Crippen molar-refractivity contribution in [1.29, 1.82) is 0 Å². The molecule has 0 spiro atoms. The van der Waals surface area contributed by atoms with Crippen molar-refractivity contribution in [2.24, 2.45) is 0 Å². The molecule has 0 radical (unpaired) electrons. The molecule has 1 heteroatoms. The van der Waals surface area contributed by atoms with Gasteiger partial charge in [0.2, 0.25) is 0 Å². The van der Waals surface area contributed by atoms with Gasteiger partial charge in [-0.3, -0.25) is 4.90 Å². The Kier molecular flexibility index (Phi) is 14.2. The average molecular weight is 251 g/mol. The number of terminal acetylenes is 1. The van der Waals surface area contributed by atoms with Crippen LogP contribution < -0.4 is 0 Å². The largest absolute Gasteiger partial charge is 0.292 e. The summed E-state index contributed by atoms with van der Waals surface area (Å²) in [4.78, 5) is 2.46. The summed E-state index contributed by atoms with van der Waals surface area (Å²) in [5.74, 6) is 2.80. The van der Waals surface area contributed by atoms with Crippen LogP contribution in [0.3, 0.4) is 0 Å². The van der Waals surface area contributed by atoms with Gasteiger partial charge < -0.3 is 0 Å². The molecule has 0 atom stereocenters. The highest BCUT2D eigenvalue weighted by Crippen LogP contribution is 2.07. The van der Waals surface area contributed by atoms with Crippen LogP contribution in [0.4, 0.5) is 0 Å². The number of rotatable bonds is 13. The Bertz CT molecular complexity index is 178. The van der Waals surface area contributed by atoms with E-state index in [-0.39, 0.29) is 0 Å². The van der Waals surface area contributed by atoms with Crippen molar-refractivity contribution in [2.45, 2.75) is 78.1 Å². The van der Waals surface area contributed by atoms with Crippen LogP contribution in [0.15, 0.2) is 0 Å². The van der Waals surface area contributed by atoms with Gasteiger partial charge >= 0.3 is 0 Å². The Hall–Kier alpha value is -0.480. The second kappa shape index (κ2) is 14.6. The molecular weight excluding hydrogens is 218 g/mol. The molecule has 106 valence electrons. The fourth-order valence-corrected chi connectivity index (χ4v) is 2.28. The van der Waals surface area contributed by atoms with Crippen molar-refractivity contribution in [3.05, 3.63) is 0 Å². The zero-order chi connectivity index (χ0) is 13.5. The fraction of sp³-hybridized carbons (Fsp3) is 0.882. The molecular formula is C17H33N. The minimum atomic E-state index is 0.835. The van der Waals surface area contributed by atoms with E-state index in [4.69, 9.17) is 6.42 Å². The van der Waals surface area contributed by atoms with Gasteiger partial charge in [0, 0.05) is 0 Å². The Morgan fingerprint density at radius 2 is 1.17 bits per heavy atom. The summed E-state index contributed by atoms with van der Waals surface area (Å²) in [6.07, 6.45) is 19.0. The lowest BCUT2D eigenvalue weighted by Gasteiger charge is -2.19. The number of hydrogen-bond acceptors (Lipinski definition) is 1. The number of hydrogen-bond donors (Lipinski definition) is 0. The first-order valence-corrected chi connectivity index (χ1v) is 8.01. The lowest BCUT2D eigenvalue weighted by Crippen LogP contribution is -2.26. The van der Waals surface area contributed by atoms with Gasteiger partial charge in [-0.2, -0.15) is 0 Å². The van der Waals surface area contributed by atoms with Crippen LogP contribution in [0.2, 0.25) is 0 Å². The molecule has 0 aromatic rings. The van der Waals surface area contributed by atoms with E-state index in [1.54, 1.807) is 0 Å². The molecule has 0 bridgehead atoms. The van der Waals surface area contributed by atoms with Crippen LogP contribution in [-0.4, -0.2) is 24.5 Å². The van der Waals surface area contributed by atoms with Gasteiger partial charge in [-0.05, 0) is 25.9 Å². The SMILES string of the molecule is C#CCN(CCCCCCC)CCCCCCC. The topological polar surface area (TPSA) is 3.24 Å². The Morgan fingerprint density at radius 1 is 0.722 bits per heavy atom. The molecule has 0 rings (SSSR count). The first-order chi connectivity index (χ1) is 8.85. The maximum atomic E-state index is 5.44. The molecule has 0 aliphatic carbocycles. The normalized spacial score (nSPS) is 10.8. The van der Waals surface area contributed by atoms with Gasteiger partial charge in [0.25, 0.3) is 0 Å². The summed E-state index contributed by atoms with van der Waals surface area (Å²) in [6.45, 7) is 7.76. The van der Waals surface area contributed by atoms with Crippen LogP contribution in [-0.2, 0) is 0 Å². The molecule has 0 N–H and O–H groups in total. The van der Waals surface area contributed by atoms with Gasteiger partial charge in [0.15, 0.2) is 0 Å². The fourth-order valence-electron chi connectivity index (χ4n) is 2.28. The lowest BCUT2D eigenvalue weighted by atomic mass is 10.1. The van der Waals surface area contributed by atoms with Crippen LogP contribution in [0.25, 0.3) is 0 Å². The summed E-state index contributed by atoms with van der Waals surface area (Å²) < 4.78 is 0. The molecule has 0 aromatic carbocycles. The van der Waals surface area contributed by atoms with Crippen molar-refractivity contribution < 1.29 is 0 Å². The Morgan fingerprint density at radius 3 is 1.56 bits per heavy atom. The summed E-state index contributed by atoms with van der Waals surface area (Å²) in [7, 11) is 0. The lowest BCUT2D eigenvalue weighted by molar-refractivity contribution is 0.290. The molecule has 0 saturated heterocycles. The molecule has 0 fully saturated rings. The third kappa shape index (κ3) is 12.0. The molecule has 0 aliphatic rings. The summed E-state index contributed by atoms with van der Waals surface area (Å²) in [6, 6.07) is 0. The van der Waals surface area contributed by atoms with Gasteiger partial charge in [-0.25, -0.2) is 0 Å². The quantitative estimate of drug-likeness (QED) is 0.334. The molecule has 0 aliphatic heterocycles. The maximum absolute atomic E-state index is 5.44. The van der Waals surface area contributed by atoms with E-state index < -0.39 is 0 Å². The summed E-state index contributed by atoms with van der Waals surface area (Å²) in [5, 5.41) is 0. The molecule has 0 unspecified atom stereocenters. The van der Waals surface area contributed by atoms with Crippen molar-refractivity contribution in [3.63, 3.8) is 0 Å².